The van der Waals surface area contributed by atoms with Crippen LogP contribution in [0.15, 0.2) is 54.1 Å². The summed E-state index contributed by atoms with van der Waals surface area (Å²) in [5, 5.41) is 20.3. The Morgan fingerprint density at radius 2 is 1.76 bits per heavy atom. The van der Waals surface area contributed by atoms with Gasteiger partial charge >= 0.3 is 5.91 Å². The number of aliphatic hydroxyl groups excluding tert-OH is 1. The van der Waals surface area contributed by atoms with Crippen molar-refractivity contribution in [2.24, 2.45) is 0 Å². The van der Waals surface area contributed by atoms with Gasteiger partial charge in [-0.3, -0.25) is 14.5 Å². The molecular formula is C26H27N3O4S. The van der Waals surface area contributed by atoms with Crippen LogP contribution in [0.1, 0.15) is 54.4 Å². The van der Waals surface area contributed by atoms with E-state index in [1.54, 1.807) is 31.2 Å². The predicted molar refractivity (Wildman–Crippen MR) is 132 cm³/mol. The topological polar surface area (TPSA) is 92.6 Å². The highest BCUT2D eigenvalue weighted by Gasteiger charge is 2.48. The number of hydrogen-bond acceptors (Lipinski definition) is 7. The largest absolute Gasteiger partial charge is 0.507 e. The molecule has 2 heterocycles. The number of aryl methyl sites for hydroxylation is 2. The third-order valence-electron chi connectivity index (χ3n) is 5.76. The summed E-state index contributed by atoms with van der Waals surface area (Å²) in [6.07, 6.45) is 2.85. The number of unbranched alkanes of at least 4 members (excludes halogenated alkanes) is 1. The second-order valence-electron chi connectivity index (χ2n) is 8.09. The molecule has 0 saturated carbocycles. The van der Waals surface area contributed by atoms with Crippen molar-refractivity contribution < 1.29 is 19.4 Å². The van der Waals surface area contributed by atoms with Gasteiger partial charge in [0.15, 0.2) is 0 Å². The van der Waals surface area contributed by atoms with Crippen molar-refractivity contribution in [2.75, 3.05) is 11.5 Å². The molecule has 1 saturated heterocycles. The summed E-state index contributed by atoms with van der Waals surface area (Å²) in [5.41, 5.74) is 2.31. The standard InChI is InChI=1S/C26H27N3O4S/c1-4-6-15-33-20-13-11-19(12-14-20)23(30)21-22(18-9-7-17(5-2)8-10-18)29(25(32)24(21)31)26-28-27-16(3)34-26/h7-14,22,30H,4-6,15H2,1-3H3/t22-/m1/s1. The first-order valence-corrected chi connectivity index (χ1v) is 12.2. The molecule has 1 amide bonds. The minimum atomic E-state index is -0.807. The number of anilines is 1. The van der Waals surface area contributed by atoms with Crippen LogP contribution in [0.3, 0.4) is 0 Å². The molecule has 1 atom stereocenters. The Balaban J connectivity index is 1.78. The second-order valence-corrected chi connectivity index (χ2v) is 9.25. The third-order valence-corrected chi connectivity index (χ3v) is 6.60. The Kier molecular flexibility index (Phi) is 7.07. The maximum absolute atomic E-state index is 13.2. The molecule has 1 aromatic heterocycles. The number of Topliss-reactive ketones (excluding diaryl/α,β-unsaturated/α-hetero) is 1. The highest BCUT2D eigenvalue weighted by atomic mass is 32.1. The Hall–Kier alpha value is -3.52. The van der Waals surface area contributed by atoms with Crippen LogP contribution in [0.4, 0.5) is 5.13 Å². The number of carbonyl (C=O) groups is 2. The van der Waals surface area contributed by atoms with Crippen LogP contribution in [-0.2, 0) is 16.0 Å². The lowest BCUT2D eigenvalue weighted by atomic mass is 9.94. The van der Waals surface area contributed by atoms with E-state index in [1.807, 2.05) is 24.3 Å². The number of aromatic nitrogens is 2. The summed E-state index contributed by atoms with van der Waals surface area (Å²) in [4.78, 5) is 27.6. The zero-order chi connectivity index (χ0) is 24.2. The Bertz CT molecular complexity index is 1220. The van der Waals surface area contributed by atoms with E-state index in [0.717, 1.165) is 24.8 Å². The number of nitrogens with zero attached hydrogens (tertiary/aromatic N) is 3. The maximum Gasteiger partial charge on any atom is 0.301 e. The fourth-order valence-corrected chi connectivity index (χ4v) is 4.58. The first-order valence-electron chi connectivity index (χ1n) is 11.4. The summed E-state index contributed by atoms with van der Waals surface area (Å²) in [7, 11) is 0. The van der Waals surface area contributed by atoms with Crippen molar-refractivity contribution in [3.8, 4) is 5.75 Å². The monoisotopic (exact) mass is 477 g/mol. The molecule has 7 nitrogen and oxygen atoms in total. The lowest BCUT2D eigenvalue weighted by Crippen LogP contribution is -2.29. The van der Waals surface area contributed by atoms with Gasteiger partial charge in [0.1, 0.15) is 16.5 Å². The van der Waals surface area contributed by atoms with Gasteiger partial charge in [-0.15, -0.1) is 10.2 Å². The van der Waals surface area contributed by atoms with E-state index < -0.39 is 17.7 Å². The third kappa shape index (κ3) is 4.59. The molecule has 1 N–H and O–H groups in total. The van der Waals surface area contributed by atoms with Crippen LogP contribution >= 0.6 is 11.3 Å². The quantitative estimate of drug-likeness (QED) is 0.207. The van der Waals surface area contributed by atoms with E-state index in [4.69, 9.17) is 4.74 Å². The molecular weight excluding hydrogens is 450 g/mol. The average Bonchev–Trinajstić information content (AvgIpc) is 3.39. The predicted octanol–water partition coefficient (Wildman–Crippen LogP) is 5.21. The van der Waals surface area contributed by atoms with Crippen LogP contribution in [0, 0.1) is 6.92 Å². The van der Waals surface area contributed by atoms with Crippen LogP contribution in [0.5, 0.6) is 5.75 Å². The molecule has 0 radical (unpaired) electrons. The van der Waals surface area contributed by atoms with Crippen molar-refractivity contribution in [3.63, 3.8) is 0 Å². The van der Waals surface area contributed by atoms with Gasteiger partial charge in [0.2, 0.25) is 5.13 Å². The first-order chi connectivity index (χ1) is 16.4. The number of benzene rings is 2. The molecule has 8 heteroatoms. The maximum atomic E-state index is 13.2. The van der Waals surface area contributed by atoms with Gasteiger partial charge in [0.25, 0.3) is 5.78 Å². The van der Waals surface area contributed by atoms with Crippen molar-refractivity contribution in [2.45, 2.75) is 46.1 Å². The second kappa shape index (κ2) is 10.2. The van der Waals surface area contributed by atoms with Crippen molar-refractivity contribution in [1.29, 1.82) is 0 Å². The Labute approximate surface area is 202 Å². The first kappa shape index (κ1) is 23.6. The summed E-state index contributed by atoms with van der Waals surface area (Å²) in [5.74, 6) is -1.03. The van der Waals surface area contributed by atoms with Crippen LogP contribution in [0.25, 0.3) is 5.76 Å². The molecule has 0 bridgehead atoms. The zero-order valence-corrected chi connectivity index (χ0v) is 20.3. The van der Waals surface area contributed by atoms with Gasteiger partial charge in [-0.05, 0) is 55.2 Å². The summed E-state index contributed by atoms with van der Waals surface area (Å²) in [6, 6.07) is 13.8. The molecule has 4 rings (SSSR count). The van der Waals surface area contributed by atoms with Crippen LogP contribution in [0.2, 0.25) is 0 Å². The van der Waals surface area contributed by atoms with E-state index in [2.05, 4.69) is 24.0 Å². The Morgan fingerprint density at radius 3 is 2.35 bits per heavy atom. The van der Waals surface area contributed by atoms with Crippen LogP contribution < -0.4 is 9.64 Å². The van der Waals surface area contributed by atoms with E-state index >= 15 is 0 Å². The molecule has 34 heavy (non-hydrogen) atoms. The number of carbonyl (C=O) groups excluding carboxylic acids is 2. The zero-order valence-electron chi connectivity index (χ0n) is 19.4. The highest BCUT2D eigenvalue weighted by Crippen LogP contribution is 2.43. The average molecular weight is 478 g/mol. The van der Waals surface area contributed by atoms with Crippen molar-refractivity contribution >= 4 is 33.9 Å². The number of ether oxygens (including phenoxy) is 1. The van der Waals surface area contributed by atoms with E-state index in [0.29, 0.717) is 33.6 Å². The molecule has 0 aliphatic carbocycles. The van der Waals surface area contributed by atoms with Gasteiger partial charge in [-0.2, -0.15) is 0 Å². The smallest absolute Gasteiger partial charge is 0.301 e. The van der Waals surface area contributed by atoms with Crippen molar-refractivity contribution in [3.05, 3.63) is 75.8 Å². The molecule has 0 spiro atoms. The highest BCUT2D eigenvalue weighted by molar-refractivity contribution is 7.15. The molecule has 1 aliphatic heterocycles. The van der Waals surface area contributed by atoms with Gasteiger partial charge in [0, 0.05) is 5.56 Å². The van der Waals surface area contributed by atoms with Crippen molar-refractivity contribution in [1.82, 2.24) is 10.2 Å². The molecule has 1 fully saturated rings. The molecule has 1 aliphatic rings. The van der Waals surface area contributed by atoms with Gasteiger partial charge < -0.3 is 9.84 Å². The fourth-order valence-electron chi connectivity index (χ4n) is 3.86. The number of ketones is 1. The summed E-state index contributed by atoms with van der Waals surface area (Å²) >= 11 is 1.23. The Morgan fingerprint density at radius 1 is 1.06 bits per heavy atom. The molecule has 176 valence electrons. The number of amides is 1. The lowest BCUT2D eigenvalue weighted by molar-refractivity contribution is -0.132. The minimum Gasteiger partial charge on any atom is -0.507 e. The summed E-state index contributed by atoms with van der Waals surface area (Å²) in [6.45, 7) is 6.55. The summed E-state index contributed by atoms with van der Waals surface area (Å²) < 4.78 is 5.69. The SMILES string of the molecule is CCCCOc1ccc(C(O)=C2C(=O)C(=O)N(c3nnc(C)s3)[C@@H]2c2ccc(CC)cc2)cc1. The van der Waals surface area contributed by atoms with Crippen LogP contribution in [-0.4, -0.2) is 33.6 Å². The molecule has 0 unspecified atom stereocenters. The van der Waals surface area contributed by atoms with E-state index in [9.17, 15) is 14.7 Å². The normalized spacial score (nSPS) is 17.4. The number of aliphatic hydroxyl groups is 1. The molecule has 2 aromatic carbocycles. The lowest BCUT2D eigenvalue weighted by Gasteiger charge is -2.22. The van der Waals surface area contributed by atoms with Gasteiger partial charge in [-0.1, -0.05) is 55.9 Å². The molecule has 3 aromatic rings. The van der Waals surface area contributed by atoms with Gasteiger partial charge in [0.05, 0.1) is 18.2 Å². The van der Waals surface area contributed by atoms with E-state index in [1.165, 1.54) is 16.2 Å². The van der Waals surface area contributed by atoms with E-state index in [-0.39, 0.29) is 11.3 Å². The number of rotatable bonds is 8. The van der Waals surface area contributed by atoms with Gasteiger partial charge in [-0.25, -0.2) is 0 Å². The minimum absolute atomic E-state index is 0.0294. The number of hydrogen-bond donors (Lipinski definition) is 1. The fraction of sp³-hybridized carbons (Fsp3) is 0.308.